The van der Waals surface area contributed by atoms with Crippen LogP contribution in [0.15, 0.2) is 30.9 Å². The van der Waals surface area contributed by atoms with E-state index in [0.29, 0.717) is 6.04 Å². The smallest absolute Gasteiger partial charge is 0.128 e. The van der Waals surface area contributed by atoms with E-state index in [-0.39, 0.29) is 0 Å². The SMILES string of the molecule is CCCc1nccc(Cc2cc3c(cn2)ncn3C(C)C)n1. The van der Waals surface area contributed by atoms with E-state index in [1.165, 1.54) is 0 Å². The van der Waals surface area contributed by atoms with Crippen molar-refractivity contribution in [1.29, 1.82) is 0 Å². The summed E-state index contributed by atoms with van der Waals surface area (Å²) in [7, 11) is 0. The fourth-order valence-electron chi connectivity index (χ4n) is 2.55. The second-order valence-corrected chi connectivity index (χ2v) is 5.80. The van der Waals surface area contributed by atoms with Crippen molar-refractivity contribution in [2.75, 3.05) is 0 Å². The van der Waals surface area contributed by atoms with Gasteiger partial charge in [-0.05, 0) is 32.4 Å². The van der Waals surface area contributed by atoms with Crippen LogP contribution in [0.2, 0.25) is 0 Å². The Kier molecular flexibility index (Phi) is 4.13. The molecule has 22 heavy (non-hydrogen) atoms. The van der Waals surface area contributed by atoms with Crippen LogP contribution in [0.1, 0.15) is 50.4 Å². The fourth-order valence-corrected chi connectivity index (χ4v) is 2.55. The van der Waals surface area contributed by atoms with Crippen molar-refractivity contribution in [2.24, 2.45) is 0 Å². The molecular weight excluding hydrogens is 274 g/mol. The first-order valence-corrected chi connectivity index (χ1v) is 7.79. The van der Waals surface area contributed by atoms with Crippen LogP contribution in [0, 0.1) is 0 Å². The number of fused-ring (bicyclic) bond motifs is 1. The molecule has 0 saturated heterocycles. The van der Waals surface area contributed by atoms with Crippen molar-refractivity contribution in [3.63, 3.8) is 0 Å². The molecule has 0 aliphatic rings. The number of hydrogen-bond acceptors (Lipinski definition) is 4. The van der Waals surface area contributed by atoms with Gasteiger partial charge in [0.1, 0.15) is 11.3 Å². The van der Waals surface area contributed by atoms with Crippen LogP contribution in [-0.2, 0) is 12.8 Å². The maximum Gasteiger partial charge on any atom is 0.128 e. The summed E-state index contributed by atoms with van der Waals surface area (Å²) in [6.07, 6.45) is 8.26. The third-order valence-electron chi connectivity index (χ3n) is 3.67. The van der Waals surface area contributed by atoms with Gasteiger partial charge in [0.15, 0.2) is 0 Å². The number of aromatic nitrogens is 5. The molecule has 0 spiro atoms. The van der Waals surface area contributed by atoms with E-state index >= 15 is 0 Å². The van der Waals surface area contributed by atoms with Crippen LogP contribution in [0.25, 0.3) is 11.0 Å². The van der Waals surface area contributed by atoms with E-state index in [2.05, 4.69) is 51.3 Å². The lowest BCUT2D eigenvalue weighted by Crippen LogP contribution is -2.02. The van der Waals surface area contributed by atoms with Crippen LogP contribution in [-0.4, -0.2) is 24.5 Å². The first-order valence-electron chi connectivity index (χ1n) is 7.79. The van der Waals surface area contributed by atoms with Gasteiger partial charge in [0, 0.05) is 30.8 Å². The van der Waals surface area contributed by atoms with Gasteiger partial charge in [-0.3, -0.25) is 4.98 Å². The average Bonchev–Trinajstić information content (AvgIpc) is 2.91. The minimum Gasteiger partial charge on any atom is -0.328 e. The van der Waals surface area contributed by atoms with Gasteiger partial charge >= 0.3 is 0 Å². The van der Waals surface area contributed by atoms with Gasteiger partial charge in [0.25, 0.3) is 0 Å². The highest BCUT2D eigenvalue weighted by Crippen LogP contribution is 2.18. The second-order valence-electron chi connectivity index (χ2n) is 5.80. The largest absolute Gasteiger partial charge is 0.328 e. The van der Waals surface area contributed by atoms with Gasteiger partial charge in [-0.1, -0.05) is 6.92 Å². The summed E-state index contributed by atoms with van der Waals surface area (Å²) in [6, 6.07) is 4.46. The first-order chi connectivity index (χ1) is 10.7. The maximum atomic E-state index is 4.61. The van der Waals surface area contributed by atoms with Crippen molar-refractivity contribution in [3.05, 3.63) is 48.1 Å². The molecule has 5 nitrogen and oxygen atoms in total. The monoisotopic (exact) mass is 295 g/mol. The van der Waals surface area contributed by atoms with Gasteiger partial charge in [-0.15, -0.1) is 0 Å². The Balaban J connectivity index is 1.90. The summed E-state index contributed by atoms with van der Waals surface area (Å²) in [6.45, 7) is 6.45. The molecule has 5 heteroatoms. The highest BCUT2D eigenvalue weighted by atomic mass is 15.1. The van der Waals surface area contributed by atoms with Gasteiger partial charge in [0.2, 0.25) is 0 Å². The average molecular weight is 295 g/mol. The molecule has 0 saturated carbocycles. The molecule has 3 aromatic heterocycles. The van der Waals surface area contributed by atoms with Gasteiger partial charge in [-0.25, -0.2) is 15.0 Å². The zero-order valence-corrected chi connectivity index (χ0v) is 13.3. The van der Waals surface area contributed by atoms with Crippen LogP contribution >= 0.6 is 0 Å². The second kappa shape index (κ2) is 6.22. The van der Waals surface area contributed by atoms with E-state index in [9.17, 15) is 0 Å². The summed E-state index contributed by atoms with van der Waals surface area (Å²) < 4.78 is 2.17. The minimum atomic E-state index is 0.385. The molecule has 3 rings (SSSR count). The van der Waals surface area contributed by atoms with Crippen LogP contribution in [0.5, 0.6) is 0 Å². The van der Waals surface area contributed by atoms with E-state index < -0.39 is 0 Å². The number of nitrogens with zero attached hydrogens (tertiary/aromatic N) is 5. The fraction of sp³-hybridized carbons (Fsp3) is 0.412. The Bertz CT molecular complexity index is 776. The van der Waals surface area contributed by atoms with E-state index in [4.69, 9.17) is 0 Å². The quantitative estimate of drug-likeness (QED) is 0.724. The van der Waals surface area contributed by atoms with Gasteiger partial charge in [-0.2, -0.15) is 0 Å². The molecule has 0 unspecified atom stereocenters. The highest BCUT2D eigenvalue weighted by molar-refractivity contribution is 5.74. The summed E-state index contributed by atoms with van der Waals surface area (Å²) in [4.78, 5) is 17.8. The Morgan fingerprint density at radius 2 is 2.00 bits per heavy atom. The van der Waals surface area contributed by atoms with Crippen LogP contribution in [0.3, 0.4) is 0 Å². The zero-order chi connectivity index (χ0) is 15.5. The summed E-state index contributed by atoms with van der Waals surface area (Å²) in [5.41, 5.74) is 4.09. The van der Waals surface area contributed by atoms with Gasteiger partial charge < -0.3 is 4.57 Å². The predicted molar refractivity (Wildman–Crippen MR) is 86.7 cm³/mol. The zero-order valence-electron chi connectivity index (χ0n) is 13.3. The Labute approximate surface area is 130 Å². The maximum absolute atomic E-state index is 4.61. The predicted octanol–water partition coefficient (Wildman–Crippen LogP) is 3.35. The highest BCUT2D eigenvalue weighted by Gasteiger charge is 2.08. The topological polar surface area (TPSA) is 56.5 Å². The molecule has 3 heterocycles. The summed E-state index contributed by atoms with van der Waals surface area (Å²) in [5.74, 6) is 0.910. The van der Waals surface area contributed by atoms with Crippen molar-refractivity contribution in [3.8, 4) is 0 Å². The van der Waals surface area contributed by atoms with Crippen molar-refractivity contribution in [1.82, 2.24) is 24.5 Å². The molecule has 0 aromatic carbocycles. The molecule has 0 radical (unpaired) electrons. The van der Waals surface area contributed by atoms with Crippen LogP contribution < -0.4 is 0 Å². The third-order valence-corrected chi connectivity index (χ3v) is 3.67. The van der Waals surface area contributed by atoms with E-state index in [1.807, 2.05) is 24.8 Å². The number of imidazole rings is 1. The number of pyridine rings is 1. The van der Waals surface area contributed by atoms with E-state index in [1.54, 1.807) is 0 Å². The summed E-state index contributed by atoms with van der Waals surface area (Å²) in [5, 5.41) is 0. The number of aryl methyl sites for hydroxylation is 1. The molecule has 0 bridgehead atoms. The standard InChI is InChI=1S/C17H21N5/c1-4-5-17-18-7-6-13(21-17)8-14-9-16-15(10-19-14)20-11-22(16)12(2)3/h6-7,9-12H,4-5,8H2,1-3H3. The molecule has 3 aromatic rings. The lowest BCUT2D eigenvalue weighted by molar-refractivity contribution is 0.617. The molecule has 0 atom stereocenters. The Hall–Kier alpha value is -2.30. The molecule has 0 fully saturated rings. The minimum absolute atomic E-state index is 0.385. The van der Waals surface area contributed by atoms with Crippen molar-refractivity contribution in [2.45, 2.75) is 46.1 Å². The number of hydrogen-bond donors (Lipinski definition) is 0. The molecular formula is C17H21N5. The lowest BCUT2D eigenvalue weighted by Gasteiger charge is -2.08. The normalized spacial score (nSPS) is 11.5. The number of rotatable bonds is 5. The lowest BCUT2D eigenvalue weighted by atomic mass is 10.2. The third kappa shape index (κ3) is 2.98. The van der Waals surface area contributed by atoms with E-state index in [0.717, 1.165) is 47.5 Å². The molecule has 114 valence electrons. The van der Waals surface area contributed by atoms with Gasteiger partial charge in [0.05, 0.1) is 23.7 Å². The molecule has 0 N–H and O–H groups in total. The van der Waals surface area contributed by atoms with Crippen molar-refractivity contribution >= 4 is 11.0 Å². The first kappa shape index (κ1) is 14.6. The Morgan fingerprint density at radius 3 is 2.77 bits per heavy atom. The van der Waals surface area contributed by atoms with Crippen LogP contribution in [0.4, 0.5) is 0 Å². The van der Waals surface area contributed by atoms with Crippen molar-refractivity contribution < 1.29 is 0 Å². The molecule has 0 aliphatic heterocycles. The Morgan fingerprint density at radius 1 is 1.14 bits per heavy atom. The molecule has 0 amide bonds. The summed E-state index contributed by atoms with van der Waals surface area (Å²) >= 11 is 0. The molecule has 0 aliphatic carbocycles.